The average molecular weight is 379 g/mol. The summed E-state index contributed by atoms with van der Waals surface area (Å²) in [7, 11) is 0. The number of nitrogens with one attached hydrogen (secondary N) is 3. The molecule has 144 valence electrons. The lowest BCUT2D eigenvalue weighted by atomic mass is 10.2. The van der Waals surface area contributed by atoms with Crippen molar-refractivity contribution in [1.82, 2.24) is 15.3 Å². The van der Waals surface area contributed by atoms with Gasteiger partial charge in [0.05, 0.1) is 0 Å². The Morgan fingerprint density at radius 1 is 1.00 bits per heavy atom. The Morgan fingerprint density at radius 3 is 2.54 bits per heavy atom. The predicted octanol–water partition coefficient (Wildman–Crippen LogP) is 3.82. The number of anilines is 3. The molecular weight excluding hydrogens is 357 g/mol. The van der Waals surface area contributed by atoms with Crippen LogP contribution in [0.5, 0.6) is 0 Å². The van der Waals surface area contributed by atoms with Gasteiger partial charge in [0, 0.05) is 36.1 Å². The smallest absolute Gasteiger partial charge is 0.251 e. The van der Waals surface area contributed by atoms with E-state index in [4.69, 9.17) is 0 Å². The van der Waals surface area contributed by atoms with E-state index in [2.05, 4.69) is 25.9 Å². The second-order valence-electron chi connectivity index (χ2n) is 6.40. The summed E-state index contributed by atoms with van der Waals surface area (Å²) in [6.45, 7) is 4.72. The Bertz CT molecular complexity index is 959. The number of rotatable bonds is 7. The predicted molar refractivity (Wildman–Crippen MR) is 108 cm³/mol. The number of benzene rings is 2. The van der Waals surface area contributed by atoms with Crippen molar-refractivity contribution < 1.29 is 9.18 Å². The van der Waals surface area contributed by atoms with Gasteiger partial charge >= 0.3 is 0 Å². The van der Waals surface area contributed by atoms with Crippen molar-refractivity contribution in [3.8, 4) is 0 Å². The molecule has 6 nitrogen and oxygen atoms in total. The number of carbonyl (C=O) groups is 1. The first kappa shape index (κ1) is 19.3. The molecule has 0 atom stereocenters. The van der Waals surface area contributed by atoms with Crippen LogP contribution in [-0.4, -0.2) is 29.0 Å². The van der Waals surface area contributed by atoms with Crippen LogP contribution in [0.4, 0.5) is 21.8 Å². The van der Waals surface area contributed by atoms with Crippen LogP contribution in [-0.2, 0) is 0 Å². The maximum Gasteiger partial charge on any atom is 0.251 e. The number of nitrogens with zero attached hydrogens (tertiary/aromatic N) is 2. The summed E-state index contributed by atoms with van der Waals surface area (Å²) in [6, 6.07) is 15.5. The number of carbonyl (C=O) groups excluding carboxylic acids is 1. The zero-order chi connectivity index (χ0) is 19.9. The van der Waals surface area contributed by atoms with Crippen LogP contribution in [0.25, 0.3) is 0 Å². The monoisotopic (exact) mass is 379 g/mol. The molecule has 28 heavy (non-hydrogen) atoms. The molecule has 0 unspecified atom stereocenters. The Morgan fingerprint density at radius 2 is 1.79 bits per heavy atom. The van der Waals surface area contributed by atoms with E-state index in [1.54, 1.807) is 6.07 Å². The van der Waals surface area contributed by atoms with Crippen LogP contribution >= 0.6 is 0 Å². The van der Waals surface area contributed by atoms with E-state index in [0.717, 1.165) is 11.4 Å². The molecule has 7 heteroatoms. The van der Waals surface area contributed by atoms with Gasteiger partial charge < -0.3 is 16.0 Å². The van der Waals surface area contributed by atoms with Crippen molar-refractivity contribution in [2.24, 2.45) is 0 Å². The topological polar surface area (TPSA) is 78.9 Å². The Kier molecular flexibility index (Phi) is 6.16. The molecule has 1 heterocycles. The van der Waals surface area contributed by atoms with Gasteiger partial charge in [0.1, 0.15) is 11.6 Å². The average Bonchev–Trinajstić information content (AvgIpc) is 2.66. The molecule has 1 aromatic heterocycles. The Hall–Kier alpha value is -3.48. The van der Waals surface area contributed by atoms with Crippen molar-refractivity contribution in [3.63, 3.8) is 0 Å². The molecule has 2 aromatic carbocycles. The third kappa shape index (κ3) is 5.51. The van der Waals surface area contributed by atoms with E-state index in [1.807, 2.05) is 44.2 Å². The van der Waals surface area contributed by atoms with Gasteiger partial charge in [0.2, 0.25) is 5.95 Å². The van der Waals surface area contributed by atoms with Crippen molar-refractivity contribution in [2.75, 3.05) is 23.7 Å². The summed E-state index contributed by atoms with van der Waals surface area (Å²) in [4.78, 5) is 20.8. The molecule has 1 amide bonds. The maximum atomic E-state index is 13.2. The maximum absolute atomic E-state index is 13.2. The van der Waals surface area contributed by atoms with Crippen molar-refractivity contribution >= 4 is 23.4 Å². The highest BCUT2D eigenvalue weighted by Gasteiger charge is 2.06. The summed E-state index contributed by atoms with van der Waals surface area (Å²) < 4.78 is 13.2. The number of aromatic nitrogens is 2. The third-order valence-corrected chi connectivity index (χ3v) is 3.96. The zero-order valence-electron chi connectivity index (χ0n) is 15.8. The summed E-state index contributed by atoms with van der Waals surface area (Å²) in [5, 5.41) is 9.07. The lowest BCUT2D eigenvalue weighted by Crippen LogP contribution is -2.29. The molecular formula is C21H22FN5O. The van der Waals surface area contributed by atoms with E-state index < -0.39 is 5.82 Å². The Labute approximate surface area is 163 Å². The summed E-state index contributed by atoms with van der Waals surface area (Å²) >= 11 is 0. The van der Waals surface area contributed by atoms with Gasteiger partial charge in [0.15, 0.2) is 0 Å². The van der Waals surface area contributed by atoms with Crippen LogP contribution in [0, 0.1) is 19.7 Å². The molecule has 0 bridgehead atoms. The Balaban J connectivity index is 1.53. The van der Waals surface area contributed by atoms with Crippen LogP contribution in [0.3, 0.4) is 0 Å². The number of aryl methyl sites for hydroxylation is 2. The summed E-state index contributed by atoms with van der Waals surface area (Å²) in [5.74, 6) is 0.387. The van der Waals surface area contributed by atoms with Crippen LogP contribution < -0.4 is 16.0 Å². The van der Waals surface area contributed by atoms with E-state index in [1.165, 1.54) is 23.8 Å². The minimum absolute atomic E-state index is 0.288. The standard InChI is InChI=1S/C21H22FN5O/c1-14-6-8-18(9-7-14)26-19-12-15(2)25-21(27-19)24-11-10-23-20(28)16-4-3-5-17(22)13-16/h3-9,12-13H,10-11H2,1-2H3,(H,23,28)(H2,24,25,26,27). The second kappa shape index (κ2) is 8.94. The van der Waals surface area contributed by atoms with Gasteiger partial charge in [-0.2, -0.15) is 4.98 Å². The molecule has 0 radical (unpaired) electrons. The summed E-state index contributed by atoms with van der Waals surface area (Å²) in [6.07, 6.45) is 0. The number of hydrogen-bond acceptors (Lipinski definition) is 5. The molecule has 3 N–H and O–H groups in total. The largest absolute Gasteiger partial charge is 0.352 e. The molecule has 0 spiro atoms. The first-order valence-electron chi connectivity index (χ1n) is 8.96. The number of hydrogen-bond donors (Lipinski definition) is 3. The molecule has 0 aliphatic rings. The molecule has 0 aliphatic heterocycles. The van der Waals surface area contributed by atoms with Crippen LogP contribution in [0.15, 0.2) is 54.6 Å². The highest BCUT2D eigenvalue weighted by molar-refractivity contribution is 5.94. The fraction of sp³-hybridized carbons (Fsp3) is 0.190. The highest BCUT2D eigenvalue weighted by atomic mass is 19.1. The van der Waals surface area contributed by atoms with Crippen molar-refractivity contribution in [3.05, 3.63) is 77.2 Å². The number of amides is 1. The summed E-state index contributed by atoms with van der Waals surface area (Å²) in [5.41, 5.74) is 3.23. The van der Waals surface area contributed by atoms with Gasteiger partial charge in [-0.05, 0) is 44.2 Å². The number of halogens is 1. The van der Waals surface area contributed by atoms with E-state index in [0.29, 0.717) is 24.9 Å². The third-order valence-electron chi connectivity index (χ3n) is 3.96. The van der Waals surface area contributed by atoms with Crippen molar-refractivity contribution in [1.29, 1.82) is 0 Å². The molecule has 0 saturated heterocycles. The van der Waals surface area contributed by atoms with Crippen LogP contribution in [0.1, 0.15) is 21.6 Å². The second-order valence-corrected chi connectivity index (χ2v) is 6.40. The molecule has 3 aromatic rings. The fourth-order valence-corrected chi connectivity index (χ4v) is 2.58. The van der Waals surface area contributed by atoms with Gasteiger partial charge in [0.25, 0.3) is 5.91 Å². The van der Waals surface area contributed by atoms with E-state index in [-0.39, 0.29) is 11.5 Å². The molecule has 0 fully saturated rings. The first-order chi connectivity index (χ1) is 13.5. The minimum atomic E-state index is -0.437. The fourth-order valence-electron chi connectivity index (χ4n) is 2.58. The first-order valence-corrected chi connectivity index (χ1v) is 8.96. The highest BCUT2D eigenvalue weighted by Crippen LogP contribution is 2.17. The van der Waals surface area contributed by atoms with Crippen molar-refractivity contribution in [2.45, 2.75) is 13.8 Å². The van der Waals surface area contributed by atoms with E-state index in [9.17, 15) is 9.18 Å². The quantitative estimate of drug-likeness (QED) is 0.544. The van der Waals surface area contributed by atoms with Gasteiger partial charge in [-0.3, -0.25) is 4.79 Å². The van der Waals surface area contributed by atoms with Crippen LogP contribution in [0.2, 0.25) is 0 Å². The lowest BCUT2D eigenvalue weighted by Gasteiger charge is -2.11. The van der Waals surface area contributed by atoms with E-state index >= 15 is 0 Å². The molecule has 0 aliphatic carbocycles. The SMILES string of the molecule is Cc1ccc(Nc2cc(C)nc(NCCNC(=O)c3cccc(F)c3)n2)cc1. The minimum Gasteiger partial charge on any atom is -0.352 e. The lowest BCUT2D eigenvalue weighted by molar-refractivity contribution is 0.0954. The van der Waals surface area contributed by atoms with Gasteiger partial charge in [-0.25, -0.2) is 9.37 Å². The zero-order valence-corrected chi connectivity index (χ0v) is 15.8. The normalized spacial score (nSPS) is 10.4. The molecule has 3 rings (SSSR count). The van der Waals surface area contributed by atoms with Gasteiger partial charge in [-0.1, -0.05) is 23.8 Å². The van der Waals surface area contributed by atoms with Gasteiger partial charge in [-0.15, -0.1) is 0 Å². The molecule has 0 saturated carbocycles.